The summed E-state index contributed by atoms with van der Waals surface area (Å²) in [7, 11) is 1.69. The molecule has 0 radical (unpaired) electrons. The average molecular weight is 331 g/mol. The van der Waals surface area contributed by atoms with Gasteiger partial charge in [0.25, 0.3) is 0 Å². The first-order valence-corrected chi connectivity index (χ1v) is 8.41. The van der Waals surface area contributed by atoms with Crippen LogP contribution in [0.1, 0.15) is 17.5 Å². The number of hydrogen-bond donors (Lipinski definition) is 2. The van der Waals surface area contributed by atoms with Crippen molar-refractivity contribution in [2.75, 3.05) is 12.8 Å². The van der Waals surface area contributed by atoms with Crippen LogP contribution in [-0.4, -0.2) is 17.1 Å². The van der Waals surface area contributed by atoms with E-state index in [1.165, 1.54) is 16.5 Å². The number of fused-ring (bicyclic) bond motifs is 4. The van der Waals surface area contributed by atoms with Crippen LogP contribution in [-0.2, 0) is 6.42 Å². The van der Waals surface area contributed by atoms with Crippen molar-refractivity contribution in [3.8, 4) is 5.75 Å². The van der Waals surface area contributed by atoms with Gasteiger partial charge in [0.1, 0.15) is 11.6 Å². The van der Waals surface area contributed by atoms with Crippen LogP contribution in [0.15, 0.2) is 43.1 Å². The second-order valence-corrected chi connectivity index (χ2v) is 6.34. The van der Waals surface area contributed by atoms with E-state index in [9.17, 15) is 0 Å². The van der Waals surface area contributed by atoms with Crippen molar-refractivity contribution in [2.24, 2.45) is 0 Å². The Kier molecular flexibility index (Phi) is 3.61. The fourth-order valence-electron chi connectivity index (χ4n) is 3.76. The molecular formula is C21H21N3O. The topological polar surface area (TPSA) is 63.9 Å². The van der Waals surface area contributed by atoms with Gasteiger partial charge in [-0.3, -0.25) is 0 Å². The third-order valence-electron chi connectivity index (χ3n) is 4.97. The number of nitrogens with zero attached hydrogens (tertiary/aromatic N) is 1. The maximum Gasteiger partial charge on any atom is 0.131 e. The van der Waals surface area contributed by atoms with Gasteiger partial charge in [0.2, 0.25) is 0 Å². The van der Waals surface area contributed by atoms with Crippen molar-refractivity contribution in [3.63, 3.8) is 0 Å². The first kappa shape index (κ1) is 15.5. The summed E-state index contributed by atoms with van der Waals surface area (Å²) in [6, 6.07) is 8.18. The number of allylic oxidation sites excluding steroid dienone is 1. The van der Waals surface area contributed by atoms with Gasteiger partial charge in [0.05, 0.1) is 12.6 Å². The fraction of sp³-hybridized carbons (Fsp3) is 0.190. The predicted octanol–water partition coefficient (Wildman–Crippen LogP) is 4.89. The van der Waals surface area contributed by atoms with E-state index in [1.54, 1.807) is 13.3 Å². The Morgan fingerprint density at radius 1 is 1.24 bits per heavy atom. The lowest BCUT2D eigenvalue weighted by Gasteiger charge is -2.13. The molecule has 3 N–H and O–H groups in total. The lowest BCUT2D eigenvalue weighted by atomic mass is 9.92. The van der Waals surface area contributed by atoms with Gasteiger partial charge < -0.3 is 15.5 Å². The van der Waals surface area contributed by atoms with E-state index in [1.807, 2.05) is 18.2 Å². The molecular weight excluding hydrogens is 310 g/mol. The normalized spacial score (nSPS) is 11.4. The molecule has 0 saturated heterocycles. The minimum atomic E-state index is 0.582. The minimum Gasteiger partial charge on any atom is -0.497 e. The van der Waals surface area contributed by atoms with Crippen LogP contribution in [0.4, 0.5) is 5.82 Å². The van der Waals surface area contributed by atoms with Gasteiger partial charge >= 0.3 is 0 Å². The summed E-state index contributed by atoms with van der Waals surface area (Å²) in [5.74, 6) is 1.43. The largest absolute Gasteiger partial charge is 0.497 e. The van der Waals surface area contributed by atoms with Gasteiger partial charge in [-0.25, -0.2) is 4.98 Å². The number of aromatic nitrogens is 2. The molecule has 2 aromatic heterocycles. The third-order valence-corrected chi connectivity index (χ3v) is 4.97. The monoisotopic (exact) mass is 331 g/mol. The van der Waals surface area contributed by atoms with Crippen molar-refractivity contribution in [1.82, 2.24) is 9.97 Å². The van der Waals surface area contributed by atoms with Crippen LogP contribution in [0, 0.1) is 6.92 Å². The number of pyridine rings is 1. The highest BCUT2D eigenvalue weighted by atomic mass is 16.5. The van der Waals surface area contributed by atoms with Gasteiger partial charge in [0.15, 0.2) is 0 Å². The van der Waals surface area contributed by atoms with E-state index in [4.69, 9.17) is 10.5 Å². The summed E-state index contributed by atoms with van der Waals surface area (Å²) in [5, 5.41) is 4.57. The van der Waals surface area contributed by atoms with Crippen LogP contribution in [0.25, 0.3) is 32.6 Å². The number of methoxy groups -OCH3 is 1. The Morgan fingerprint density at radius 2 is 2.08 bits per heavy atom. The highest BCUT2D eigenvalue weighted by Gasteiger charge is 2.18. The maximum absolute atomic E-state index is 6.29. The minimum absolute atomic E-state index is 0.582. The van der Waals surface area contributed by atoms with Crippen LogP contribution >= 0.6 is 0 Å². The molecule has 0 aliphatic carbocycles. The zero-order chi connectivity index (χ0) is 17.6. The molecule has 2 heterocycles. The summed E-state index contributed by atoms with van der Waals surface area (Å²) in [4.78, 5) is 7.92. The molecule has 0 amide bonds. The van der Waals surface area contributed by atoms with Crippen LogP contribution < -0.4 is 10.5 Å². The number of aromatic amines is 1. The molecule has 0 atom stereocenters. The second kappa shape index (κ2) is 5.81. The first-order valence-electron chi connectivity index (χ1n) is 8.41. The smallest absolute Gasteiger partial charge is 0.131 e. The van der Waals surface area contributed by atoms with E-state index in [-0.39, 0.29) is 0 Å². The highest BCUT2D eigenvalue weighted by molar-refractivity contribution is 6.18. The van der Waals surface area contributed by atoms with Crippen molar-refractivity contribution in [3.05, 3.63) is 54.2 Å². The number of anilines is 1. The van der Waals surface area contributed by atoms with E-state index in [2.05, 4.69) is 35.6 Å². The lowest BCUT2D eigenvalue weighted by Crippen LogP contribution is -1.98. The van der Waals surface area contributed by atoms with Gasteiger partial charge in [-0.05, 0) is 60.5 Å². The number of nitrogen functional groups attached to an aromatic ring is 1. The molecule has 0 unspecified atom stereocenters. The third kappa shape index (κ3) is 2.25. The second-order valence-electron chi connectivity index (χ2n) is 6.34. The molecule has 0 aliphatic heterocycles. The van der Waals surface area contributed by atoms with Gasteiger partial charge in [-0.2, -0.15) is 0 Å². The van der Waals surface area contributed by atoms with Crippen LogP contribution in [0.5, 0.6) is 5.75 Å². The highest BCUT2D eigenvalue weighted by Crippen LogP contribution is 2.40. The molecule has 0 spiro atoms. The summed E-state index contributed by atoms with van der Waals surface area (Å²) in [5.41, 5.74) is 11.0. The molecule has 25 heavy (non-hydrogen) atoms. The number of benzene rings is 2. The van der Waals surface area contributed by atoms with Gasteiger partial charge in [-0.15, -0.1) is 6.58 Å². The molecule has 4 nitrogen and oxygen atoms in total. The first-order chi connectivity index (χ1) is 12.2. The number of nitrogens with two attached hydrogens (primary N) is 1. The summed E-state index contributed by atoms with van der Waals surface area (Å²) >= 11 is 0. The molecule has 4 rings (SSSR count). The number of H-pyrrole nitrogens is 1. The molecule has 4 heteroatoms. The predicted molar refractivity (Wildman–Crippen MR) is 105 cm³/mol. The molecule has 0 fully saturated rings. The van der Waals surface area contributed by atoms with E-state index < -0.39 is 0 Å². The van der Waals surface area contributed by atoms with Crippen molar-refractivity contribution in [1.29, 1.82) is 0 Å². The number of aryl methyl sites for hydroxylation is 2. The summed E-state index contributed by atoms with van der Waals surface area (Å²) in [6.45, 7) is 6.01. The van der Waals surface area contributed by atoms with Crippen molar-refractivity contribution >= 4 is 38.4 Å². The fourth-order valence-corrected chi connectivity index (χ4v) is 3.76. The molecule has 0 aliphatic rings. The molecule has 0 bridgehead atoms. The molecule has 0 saturated carbocycles. The van der Waals surface area contributed by atoms with E-state index in [0.29, 0.717) is 5.82 Å². The summed E-state index contributed by atoms with van der Waals surface area (Å²) in [6.07, 6.45) is 5.48. The maximum atomic E-state index is 6.29. The Labute approximate surface area is 146 Å². The van der Waals surface area contributed by atoms with Crippen LogP contribution in [0.2, 0.25) is 0 Å². The Balaban J connectivity index is 2.25. The zero-order valence-corrected chi connectivity index (χ0v) is 14.5. The molecule has 126 valence electrons. The quantitative estimate of drug-likeness (QED) is 0.523. The number of rotatable bonds is 4. The van der Waals surface area contributed by atoms with Crippen LogP contribution in [0.3, 0.4) is 0 Å². The van der Waals surface area contributed by atoms with E-state index >= 15 is 0 Å². The summed E-state index contributed by atoms with van der Waals surface area (Å²) < 4.78 is 5.44. The van der Waals surface area contributed by atoms with Gasteiger partial charge in [-0.1, -0.05) is 6.08 Å². The van der Waals surface area contributed by atoms with Crippen molar-refractivity contribution < 1.29 is 4.74 Å². The number of hydrogen-bond acceptors (Lipinski definition) is 3. The SMILES string of the molecule is C=CCCc1c2c(N)nccc2c(C)c2[nH]c3ccc(OC)cc3c12. The molecule has 4 aromatic rings. The Bertz CT molecular complexity index is 1120. The Morgan fingerprint density at radius 3 is 2.84 bits per heavy atom. The molecule has 2 aromatic carbocycles. The van der Waals surface area contributed by atoms with Crippen molar-refractivity contribution in [2.45, 2.75) is 19.8 Å². The standard InChI is InChI=1S/C21H21N3O/c1-4-5-6-15-18-16-11-13(25-3)7-8-17(16)24-20(18)12(2)14-9-10-23-21(22)19(14)15/h4,7-11,24H,1,5-6H2,2-3H3,(H2,22,23). The van der Waals surface area contributed by atoms with Gasteiger partial charge in [0, 0.05) is 27.9 Å². The number of nitrogens with one attached hydrogen (secondary N) is 1. The average Bonchev–Trinajstić information content (AvgIpc) is 3.01. The number of ether oxygens (including phenoxy) is 1. The lowest BCUT2D eigenvalue weighted by molar-refractivity contribution is 0.415. The zero-order valence-electron chi connectivity index (χ0n) is 14.5. The Hall–Kier alpha value is -3.01. The van der Waals surface area contributed by atoms with E-state index in [0.717, 1.165) is 45.8 Å².